The van der Waals surface area contributed by atoms with E-state index in [1.54, 1.807) is 0 Å². The molecule has 4 unspecified atom stereocenters. The Kier molecular flexibility index (Phi) is 4.36. The highest BCUT2D eigenvalue weighted by atomic mass is 32.1. The van der Waals surface area contributed by atoms with Crippen molar-refractivity contribution in [3.63, 3.8) is 0 Å². The Morgan fingerprint density at radius 1 is 1.53 bits per heavy atom. The van der Waals surface area contributed by atoms with E-state index in [4.69, 9.17) is 22.7 Å². The molecule has 4 atom stereocenters. The van der Waals surface area contributed by atoms with Crippen molar-refractivity contribution < 1.29 is 9.84 Å². The van der Waals surface area contributed by atoms with E-state index >= 15 is 0 Å². The van der Waals surface area contributed by atoms with Crippen molar-refractivity contribution in [2.45, 2.75) is 32.0 Å². The third kappa shape index (κ3) is 3.16. The van der Waals surface area contributed by atoms with E-state index in [2.05, 4.69) is 4.90 Å². The quantitative estimate of drug-likeness (QED) is 0.698. The van der Waals surface area contributed by atoms with Crippen LogP contribution in [0.1, 0.15) is 19.8 Å². The highest BCUT2D eigenvalue weighted by Crippen LogP contribution is 2.37. The van der Waals surface area contributed by atoms with Gasteiger partial charge in [-0.05, 0) is 25.7 Å². The van der Waals surface area contributed by atoms with Crippen LogP contribution in [0, 0.1) is 11.8 Å². The summed E-state index contributed by atoms with van der Waals surface area (Å²) >= 11 is 4.85. The smallest absolute Gasteiger partial charge is 0.104 e. The largest absolute Gasteiger partial charge is 0.393 e. The Hall–Kier alpha value is -0.230. The Balaban J connectivity index is 1.67. The highest BCUT2D eigenvalue weighted by molar-refractivity contribution is 7.80. The molecule has 0 aromatic heterocycles. The van der Waals surface area contributed by atoms with Gasteiger partial charge in [0, 0.05) is 25.6 Å². The number of rotatable bonds is 5. The van der Waals surface area contributed by atoms with Gasteiger partial charge in [-0.2, -0.15) is 0 Å². The third-order valence-corrected chi connectivity index (χ3v) is 4.40. The number of aliphatic hydroxyl groups is 1. The molecule has 4 nitrogen and oxygen atoms in total. The molecule has 2 rings (SSSR count). The molecule has 1 aliphatic carbocycles. The first-order chi connectivity index (χ1) is 8.08. The minimum atomic E-state index is -0.141. The summed E-state index contributed by atoms with van der Waals surface area (Å²) in [6.45, 7) is 5.56. The average Bonchev–Trinajstić information content (AvgIpc) is 2.81. The van der Waals surface area contributed by atoms with Gasteiger partial charge in [-0.3, -0.25) is 0 Å². The predicted octanol–water partition coefficient (Wildman–Crippen LogP) is 0.380. The van der Waals surface area contributed by atoms with Crippen molar-refractivity contribution in [2.24, 2.45) is 17.6 Å². The number of nitrogens with two attached hydrogens (primary N) is 1. The van der Waals surface area contributed by atoms with Gasteiger partial charge in [0.1, 0.15) is 11.1 Å². The van der Waals surface area contributed by atoms with Gasteiger partial charge in [0.25, 0.3) is 0 Å². The molecule has 98 valence electrons. The van der Waals surface area contributed by atoms with E-state index in [9.17, 15) is 5.11 Å². The van der Waals surface area contributed by atoms with Gasteiger partial charge in [0.15, 0.2) is 0 Å². The minimum Gasteiger partial charge on any atom is -0.393 e. The lowest BCUT2D eigenvalue weighted by Gasteiger charge is -2.19. The van der Waals surface area contributed by atoms with Crippen molar-refractivity contribution in [1.29, 1.82) is 0 Å². The number of thiocarbonyl (C=S) groups is 1. The van der Waals surface area contributed by atoms with Crippen LogP contribution in [0.5, 0.6) is 0 Å². The Morgan fingerprint density at radius 2 is 2.29 bits per heavy atom. The Labute approximate surface area is 108 Å². The molecule has 0 amide bonds. The summed E-state index contributed by atoms with van der Waals surface area (Å²) in [5, 5.41) is 9.81. The molecule has 1 saturated heterocycles. The van der Waals surface area contributed by atoms with E-state index in [-0.39, 0.29) is 12.2 Å². The summed E-state index contributed by atoms with van der Waals surface area (Å²) in [5.41, 5.74) is 5.48. The van der Waals surface area contributed by atoms with Crippen LogP contribution in [0.3, 0.4) is 0 Å². The van der Waals surface area contributed by atoms with Crippen molar-refractivity contribution in [1.82, 2.24) is 4.90 Å². The zero-order valence-corrected chi connectivity index (χ0v) is 11.2. The number of ether oxygens (including phenoxy) is 1. The zero-order valence-electron chi connectivity index (χ0n) is 10.3. The average molecular weight is 258 g/mol. The SMILES string of the molecule is CC(OCCN1CC2CCC(O)C2C1)C(N)=S. The van der Waals surface area contributed by atoms with Crippen LogP contribution >= 0.6 is 12.2 Å². The topological polar surface area (TPSA) is 58.7 Å². The molecule has 1 saturated carbocycles. The monoisotopic (exact) mass is 258 g/mol. The van der Waals surface area contributed by atoms with Gasteiger partial charge in [-0.15, -0.1) is 0 Å². The second kappa shape index (κ2) is 5.61. The van der Waals surface area contributed by atoms with Gasteiger partial charge in [0.2, 0.25) is 0 Å². The van der Waals surface area contributed by atoms with E-state index in [1.807, 2.05) is 6.92 Å². The fourth-order valence-corrected chi connectivity index (χ4v) is 3.02. The maximum atomic E-state index is 9.81. The molecular formula is C12H22N2O2S. The summed E-state index contributed by atoms with van der Waals surface area (Å²) in [4.78, 5) is 2.79. The van der Waals surface area contributed by atoms with Crippen LogP contribution < -0.4 is 5.73 Å². The molecule has 1 heterocycles. The molecule has 2 fully saturated rings. The van der Waals surface area contributed by atoms with Gasteiger partial charge in [-0.1, -0.05) is 12.2 Å². The second-order valence-corrected chi connectivity index (χ2v) is 5.72. The lowest BCUT2D eigenvalue weighted by molar-refractivity contribution is 0.0827. The first-order valence-corrected chi connectivity index (χ1v) is 6.80. The number of hydrogen-bond acceptors (Lipinski definition) is 4. The van der Waals surface area contributed by atoms with Crippen molar-refractivity contribution in [2.75, 3.05) is 26.2 Å². The lowest BCUT2D eigenvalue weighted by Crippen LogP contribution is -2.32. The zero-order chi connectivity index (χ0) is 12.4. The second-order valence-electron chi connectivity index (χ2n) is 5.24. The van der Waals surface area contributed by atoms with E-state index in [0.29, 0.717) is 23.4 Å². The molecule has 0 aromatic rings. The molecule has 0 spiro atoms. The molecule has 1 aliphatic heterocycles. The lowest BCUT2D eigenvalue weighted by atomic mass is 10.00. The molecule has 0 aromatic carbocycles. The fraction of sp³-hybridized carbons (Fsp3) is 0.917. The summed E-state index contributed by atoms with van der Waals surface area (Å²) < 4.78 is 5.54. The van der Waals surface area contributed by atoms with Crippen molar-refractivity contribution in [3.05, 3.63) is 0 Å². The number of nitrogens with zero attached hydrogens (tertiary/aromatic N) is 1. The van der Waals surface area contributed by atoms with Crippen LogP contribution in [0.25, 0.3) is 0 Å². The first kappa shape index (κ1) is 13.2. The van der Waals surface area contributed by atoms with Crippen LogP contribution in [-0.4, -0.2) is 53.4 Å². The third-order valence-electron chi connectivity index (χ3n) is 4.07. The van der Waals surface area contributed by atoms with Crippen LogP contribution in [-0.2, 0) is 4.74 Å². The Bertz CT molecular complexity index is 288. The van der Waals surface area contributed by atoms with Gasteiger partial charge in [-0.25, -0.2) is 0 Å². The predicted molar refractivity (Wildman–Crippen MR) is 70.9 cm³/mol. The number of likely N-dealkylation sites (tertiary alicyclic amines) is 1. The first-order valence-electron chi connectivity index (χ1n) is 6.39. The molecule has 5 heteroatoms. The van der Waals surface area contributed by atoms with Crippen molar-refractivity contribution >= 4 is 17.2 Å². The number of aliphatic hydroxyl groups excluding tert-OH is 1. The van der Waals surface area contributed by atoms with Gasteiger partial charge >= 0.3 is 0 Å². The highest BCUT2D eigenvalue weighted by Gasteiger charge is 2.41. The number of hydrogen-bond donors (Lipinski definition) is 2. The van der Waals surface area contributed by atoms with Crippen molar-refractivity contribution in [3.8, 4) is 0 Å². The van der Waals surface area contributed by atoms with Crippen LogP contribution in [0.15, 0.2) is 0 Å². The van der Waals surface area contributed by atoms with Crippen LogP contribution in [0.4, 0.5) is 0 Å². The fourth-order valence-electron chi connectivity index (χ4n) is 2.95. The normalized spacial score (nSPS) is 34.8. The molecule has 0 radical (unpaired) electrons. The van der Waals surface area contributed by atoms with Gasteiger partial charge in [0.05, 0.1) is 12.7 Å². The molecule has 0 bridgehead atoms. The maximum Gasteiger partial charge on any atom is 0.104 e. The van der Waals surface area contributed by atoms with E-state index in [1.165, 1.54) is 6.42 Å². The summed E-state index contributed by atoms with van der Waals surface area (Å²) in [5.74, 6) is 1.18. The van der Waals surface area contributed by atoms with Gasteiger partial charge < -0.3 is 20.5 Å². The van der Waals surface area contributed by atoms with Crippen LogP contribution in [0.2, 0.25) is 0 Å². The summed E-state index contributed by atoms with van der Waals surface area (Å²) in [7, 11) is 0. The minimum absolute atomic E-state index is 0.0820. The standard InChI is InChI=1S/C12H22N2O2S/c1-8(12(13)17)16-5-4-14-6-9-2-3-11(15)10(9)7-14/h8-11,15H,2-7H2,1H3,(H2,13,17). The maximum absolute atomic E-state index is 9.81. The van der Waals surface area contributed by atoms with E-state index < -0.39 is 0 Å². The van der Waals surface area contributed by atoms with E-state index in [0.717, 1.165) is 26.1 Å². The summed E-state index contributed by atoms with van der Waals surface area (Å²) in [6, 6.07) is 0. The molecule has 17 heavy (non-hydrogen) atoms. The summed E-state index contributed by atoms with van der Waals surface area (Å²) in [6.07, 6.45) is 1.93. The Morgan fingerprint density at radius 3 is 2.94 bits per heavy atom. The molecular weight excluding hydrogens is 236 g/mol. The number of fused-ring (bicyclic) bond motifs is 1. The molecule has 2 aliphatic rings. The molecule has 3 N–H and O–H groups in total.